The maximum Gasteiger partial charge on any atom is 0.145 e. The molecule has 2 aromatic rings. The minimum Gasteiger partial charge on any atom is -0.330 e. The Morgan fingerprint density at radius 1 is 1.45 bits per heavy atom. The van der Waals surface area contributed by atoms with Crippen molar-refractivity contribution in [3.63, 3.8) is 0 Å². The molecule has 0 aliphatic heterocycles. The molecule has 106 valence electrons. The molecule has 0 bridgehead atoms. The predicted octanol–water partition coefficient (Wildman–Crippen LogP) is 2.11. The normalized spacial score (nSPS) is 12.8. The summed E-state index contributed by atoms with van der Waals surface area (Å²) in [5.74, 6) is 1.55. The van der Waals surface area contributed by atoms with Crippen LogP contribution in [0.2, 0.25) is 0 Å². The molecule has 6 heteroatoms. The first kappa shape index (κ1) is 14.7. The molecule has 0 aliphatic rings. The maximum atomic E-state index is 11.3. The van der Waals surface area contributed by atoms with Gasteiger partial charge in [-0.05, 0) is 6.92 Å². The number of nitriles is 1. The van der Waals surface area contributed by atoms with E-state index in [4.69, 9.17) is 0 Å². The van der Waals surface area contributed by atoms with Gasteiger partial charge >= 0.3 is 0 Å². The van der Waals surface area contributed by atoms with Crippen LogP contribution in [-0.4, -0.2) is 30.8 Å². The van der Waals surface area contributed by atoms with Gasteiger partial charge in [0, 0.05) is 41.5 Å². The van der Waals surface area contributed by atoms with Crippen LogP contribution in [0.1, 0.15) is 36.8 Å². The molecule has 0 aliphatic carbocycles. The Morgan fingerprint density at radius 2 is 2.15 bits per heavy atom. The Kier molecular flexibility index (Phi) is 4.19. The van der Waals surface area contributed by atoms with Crippen molar-refractivity contribution in [2.45, 2.75) is 33.2 Å². The van der Waals surface area contributed by atoms with Gasteiger partial charge in [-0.15, -0.1) is 0 Å². The van der Waals surface area contributed by atoms with Crippen LogP contribution in [0.5, 0.6) is 0 Å². The summed E-state index contributed by atoms with van der Waals surface area (Å²) in [4.78, 5) is 9.07. The van der Waals surface area contributed by atoms with Gasteiger partial charge in [0.2, 0.25) is 0 Å². The lowest BCUT2D eigenvalue weighted by Crippen LogP contribution is -2.08. The van der Waals surface area contributed by atoms with Crippen LogP contribution in [0.15, 0.2) is 6.20 Å². The lowest BCUT2D eigenvalue weighted by molar-refractivity contribution is 0.678. The molecule has 0 radical (unpaired) electrons. The molecule has 20 heavy (non-hydrogen) atoms. The lowest BCUT2D eigenvalue weighted by Gasteiger charge is -2.08. The summed E-state index contributed by atoms with van der Waals surface area (Å²) in [6.07, 6.45) is 3.46. The number of rotatable bonds is 4. The minimum atomic E-state index is -0.868. The first-order valence-electron chi connectivity index (χ1n) is 6.51. The summed E-state index contributed by atoms with van der Waals surface area (Å²) in [7, 11) is -0.868. The van der Waals surface area contributed by atoms with Gasteiger partial charge in [0.05, 0.1) is 16.6 Å². The largest absolute Gasteiger partial charge is 0.330 e. The lowest BCUT2D eigenvalue weighted by atomic mass is 10.1. The fraction of sp³-hybridized carbons (Fsp3) is 0.500. The highest BCUT2D eigenvalue weighted by Crippen LogP contribution is 2.24. The monoisotopic (exact) mass is 290 g/mol. The van der Waals surface area contributed by atoms with Gasteiger partial charge in [-0.25, -0.2) is 9.97 Å². The Bertz CT molecular complexity index is 712. The average molecular weight is 290 g/mol. The molecule has 5 nitrogen and oxygen atoms in total. The van der Waals surface area contributed by atoms with Crippen LogP contribution in [0.4, 0.5) is 0 Å². The van der Waals surface area contributed by atoms with Crippen LogP contribution in [0.3, 0.4) is 0 Å². The number of hydrogen-bond acceptors (Lipinski definition) is 4. The SMILES string of the molecule is Cc1nc(C(C)C)nc2c1c(C#N)cn2CCS(C)=O. The highest BCUT2D eigenvalue weighted by atomic mass is 32.2. The predicted molar refractivity (Wildman–Crippen MR) is 80.0 cm³/mol. The first-order chi connectivity index (χ1) is 9.43. The van der Waals surface area contributed by atoms with Gasteiger partial charge in [0.15, 0.2) is 0 Å². The summed E-state index contributed by atoms with van der Waals surface area (Å²) in [6.45, 7) is 6.58. The second-order valence-corrected chi connectivity index (χ2v) is 6.70. The van der Waals surface area contributed by atoms with Crippen LogP contribution < -0.4 is 0 Å². The number of nitrogens with zero attached hydrogens (tertiary/aromatic N) is 4. The summed E-state index contributed by atoms with van der Waals surface area (Å²) in [6, 6.07) is 2.19. The third-order valence-electron chi connectivity index (χ3n) is 3.17. The van der Waals surface area contributed by atoms with Crippen molar-refractivity contribution in [1.82, 2.24) is 14.5 Å². The quantitative estimate of drug-likeness (QED) is 0.864. The van der Waals surface area contributed by atoms with E-state index in [1.165, 1.54) is 0 Å². The molecule has 2 heterocycles. The zero-order chi connectivity index (χ0) is 14.9. The van der Waals surface area contributed by atoms with Crippen molar-refractivity contribution >= 4 is 21.8 Å². The first-order valence-corrected chi connectivity index (χ1v) is 8.24. The number of aryl methyl sites for hydroxylation is 2. The second-order valence-electron chi connectivity index (χ2n) is 5.15. The third kappa shape index (κ3) is 2.73. The van der Waals surface area contributed by atoms with Gasteiger partial charge in [-0.3, -0.25) is 4.21 Å². The summed E-state index contributed by atoms with van der Waals surface area (Å²) in [5.41, 5.74) is 2.17. The van der Waals surface area contributed by atoms with E-state index in [9.17, 15) is 9.47 Å². The summed E-state index contributed by atoms with van der Waals surface area (Å²) in [5, 5.41) is 10.1. The van der Waals surface area contributed by atoms with Crippen molar-refractivity contribution in [3.8, 4) is 6.07 Å². The maximum absolute atomic E-state index is 11.3. The molecule has 0 amide bonds. The highest BCUT2D eigenvalue weighted by Gasteiger charge is 2.16. The molecule has 2 aromatic heterocycles. The minimum absolute atomic E-state index is 0.229. The van der Waals surface area contributed by atoms with E-state index >= 15 is 0 Å². The van der Waals surface area contributed by atoms with Crippen LogP contribution >= 0.6 is 0 Å². The fourth-order valence-electron chi connectivity index (χ4n) is 2.12. The van der Waals surface area contributed by atoms with Crippen molar-refractivity contribution in [2.24, 2.45) is 0 Å². The molecular formula is C14H18N4OS. The summed E-state index contributed by atoms with van der Waals surface area (Å²) >= 11 is 0. The van der Waals surface area contributed by atoms with E-state index < -0.39 is 10.8 Å². The van der Waals surface area contributed by atoms with Gasteiger partial charge in [0.1, 0.15) is 17.5 Å². The molecule has 1 atom stereocenters. The van der Waals surface area contributed by atoms with Gasteiger partial charge in [0.25, 0.3) is 0 Å². The number of hydrogen-bond donors (Lipinski definition) is 0. The van der Waals surface area contributed by atoms with Crippen LogP contribution in [-0.2, 0) is 17.3 Å². The smallest absolute Gasteiger partial charge is 0.145 e. The van der Waals surface area contributed by atoms with E-state index in [-0.39, 0.29) is 5.92 Å². The Morgan fingerprint density at radius 3 is 2.70 bits per heavy atom. The van der Waals surface area contributed by atoms with Crippen LogP contribution in [0.25, 0.3) is 11.0 Å². The van der Waals surface area contributed by atoms with E-state index in [0.29, 0.717) is 17.9 Å². The van der Waals surface area contributed by atoms with Gasteiger partial charge in [-0.2, -0.15) is 5.26 Å². The highest BCUT2D eigenvalue weighted by molar-refractivity contribution is 7.84. The van der Waals surface area contributed by atoms with E-state index in [2.05, 4.69) is 16.0 Å². The Hall–Kier alpha value is -1.74. The fourth-order valence-corrected chi connectivity index (χ4v) is 2.58. The average Bonchev–Trinajstić information content (AvgIpc) is 2.74. The van der Waals surface area contributed by atoms with Crippen molar-refractivity contribution in [3.05, 3.63) is 23.3 Å². The van der Waals surface area contributed by atoms with E-state index in [1.807, 2.05) is 25.3 Å². The molecule has 0 saturated heterocycles. The number of fused-ring (bicyclic) bond motifs is 1. The van der Waals surface area contributed by atoms with Crippen molar-refractivity contribution < 1.29 is 4.21 Å². The molecule has 0 fully saturated rings. The van der Waals surface area contributed by atoms with Crippen molar-refractivity contribution in [1.29, 1.82) is 5.26 Å². The zero-order valence-corrected chi connectivity index (χ0v) is 13.0. The number of aromatic nitrogens is 3. The topological polar surface area (TPSA) is 71.6 Å². The molecule has 0 spiro atoms. The van der Waals surface area contributed by atoms with Gasteiger partial charge < -0.3 is 4.57 Å². The summed E-state index contributed by atoms with van der Waals surface area (Å²) < 4.78 is 13.2. The van der Waals surface area contributed by atoms with Crippen LogP contribution in [0, 0.1) is 18.3 Å². The molecule has 0 aromatic carbocycles. The van der Waals surface area contributed by atoms with E-state index in [0.717, 1.165) is 22.6 Å². The standard InChI is InChI=1S/C14H18N4OS/c1-9(2)13-16-10(3)12-11(7-15)8-18(14(12)17-13)5-6-20(4)19/h8-9H,5-6H2,1-4H3. The molecule has 0 N–H and O–H groups in total. The van der Waals surface area contributed by atoms with Gasteiger partial charge in [-0.1, -0.05) is 13.8 Å². The molecule has 2 rings (SSSR count). The molecule has 0 saturated carbocycles. The molecule has 1 unspecified atom stereocenters. The van der Waals surface area contributed by atoms with E-state index in [1.54, 1.807) is 12.5 Å². The Labute approximate surface area is 121 Å². The Balaban J connectivity index is 2.63. The zero-order valence-electron chi connectivity index (χ0n) is 12.2. The third-order valence-corrected chi connectivity index (χ3v) is 3.93. The second kappa shape index (κ2) is 5.71. The molecular weight excluding hydrogens is 272 g/mol. The van der Waals surface area contributed by atoms with Crippen molar-refractivity contribution in [2.75, 3.05) is 12.0 Å².